The Balaban J connectivity index is 1.79. The number of hydrogen-bond donors (Lipinski definition) is 1. The lowest BCUT2D eigenvalue weighted by molar-refractivity contribution is 0.122. The molecule has 0 saturated carbocycles. The quantitative estimate of drug-likeness (QED) is 0.842. The molecule has 0 spiro atoms. The van der Waals surface area contributed by atoms with Gasteiger partial charge in [0.15, 0.2) is 0 Å². The van der Waals surface area contributed by atoms with E-state index < -0.39 is 0 Å². The van der Waals surface area contributed by atoms with E-state index in [1.807, 2.05) is 0 Å². The second-order valence-electron chi connectivity index (χ2n) is 5.06. The highest BCUT2D eigenvalue weighted by Crippen LogP contribution is 2.25. The maximum absolute atomic E-state index is 5.83. The summed E-state index contributed by atoms with van der Waals surface area (Å²) in [6, 6.07) is 2.51. The lowest BCUT2D eigenvalue weighted by atomic mass is 10.2. The minimum Gasteiger partial charge on any atom is -0.378 e. The van der Waals surface area contributed by atoms with E-state index in [-0.39, 0.29) is 0 Å². The molecule has 0 aromatic carbocycles. The van der Waals surface area contributed by atoms with Gasteiger partial charge in [0, 0.05) is 38.3 Å². The summed E-state index contributed by atoms with van der Waals surface area (Å²) in [6.45, 7) is 5.08. The fourth-order valence-corrected chi connectivity index (χ4v) is 2.84. The van der Waals surface area contributed by atoms with E-state index in [9.17, 15) is 0 Å². The first-order valence-electron chi connectivity index (χ1n) is 7.00. The number of nitrogens with two attached hydrogens (primary N) is 1. The van der Waals surface area contributed by atoms with Crippen molar-refractivity contribution in [2.75, 3.05) is 49.2 Å². The van der Waals surface area contributed by atoms with Gasteiger partial charge < -0.3 is 20.3 Å². The summed E-state index contributed by atoms with van der Waals surface area (Å²) in [4.78, 5) is 13.4. The summed E-state index contributed by atoms with van der Waals surface area (Å²) in [7, 11) is 0. The zero-order valence-electron chi connectivity index (χ0n) is 11.2. The SMILES string of the molecule is NCC1CCCN1c1cc(N2CCOCC2)ncn1. The molecule has 0 aliphatic carbocycles. The predicted octanol–water partition coefficient (Wildman–Crippen LogP) is 0.241. The largest absolute Gasteiger partial charge is 0.378 e. The van der Waals surface area contributed by atoms with Crippen LogP contribution >= 0.6 is 0 Å². The molecule has 1 aromatic heterocycles. The van der Waals surface area contributed by atoms with Crippen LogP contribution in [0.15, 0.2) is 12.4 Å². The van der Waals surface area contributed by atoms with Crippen molar-refractivity contribution >= 4 is 11.6 Å². The van der Waals surface area contributed by atoms with Gasteiger partial charge in [-0.25, -0.2) is 9.97 Å². The molecule has 6 heteroatoms. The van der Waals surface area contributed by atoms with Crippen LogP contribution in [0.3, 0.4) is 0 Å². The molecule has 2 aliphatic heterocycles. The van der Waals surface area contributed by atoms with Gasteiger partial charge in [-0.1, -0.05) is 0 Å². The third kappa shape index (κ3) is 2.64. The summed E-state index contributed by atoms with van der Waals surface area (Å²) in [6.07, 6.45) is 4.01. The number of aromatic nitrogens is 2. The Kier molecular flexibility index (Phi) is 3.79. The molecule has 3 heterocycles. The van der Waals surface area contributed by atoms with Crippen molar-refractivity contribution in [1.82, 2.24) is 9.97 Å². The molecule has 2 saturated heterocycles. The van der Waals surface area contributed by atoms with Crippen LogP contribution in [0.2, 0.25) is 0 Å². The van der Waals surface area contributed by atoms with E-state index in [2.05, 4.69) is 25.8 Å². The monoisotopic (exact) mass is 263 g/mol. The van der Waals surface area contributed by atoms with Crippen molar-refractivity contribution in [3.8, 4) is 0 Å². The molecule has 2 aliphatic rings. The summed E-state index contributed by atoms with van der Waals surface area (Å²) in [5, 5.41) is 0. The second-order valence-corrected chi connectivity index (χ2v) is 5.06. The van der Waals surface area contributed by atoms with Gasteiger partial charge in [-0.15, -0.1) is 0 Å². The fraction of sp³-hybridized carbons (Fsp3) is 0.692. The molecule has 1 aromatic rings. The van der Waals surface area contributed by atoms with Crippen molar-refractivity contribution in [2.24, 2.45) is 5.73 Å². The van der Waals surface area contributed by atoms with Crippen molar-refractivity contribution < 1.29 is 4.74 Å². The molecule has 104 valence electrons. The summed E-state index contributed by atoms with van der Waals surface area (Å²) in [5.74, 6) is 2.00. The molecular formula is C13H21N5O. The maximum Gasteiger partial charge on any atom is 0.134 e. The lowest BCUT2D eigenvalue weighted by Crippen LogP contribution is -2.38. The van der Waals surface area contributed by atoms with Gasteiger partial charge in [0.25, 0.3) is 0 Å². The molecule has 19 heavy (non-hydrogen) atoms. The van der Waals surface area contributed by atoms with E-state index >= 15 is 0 Å². The van der Waals surface area contributed by atoms with Gasteiger partial charge in [0.2, 0.25) is 0 Å². The average molecular weight is 263 g/mol. The van der Waals surface area contributed by atoms with Gasteiger partial charge in [-0.2, -0.15) is 0 Å². The van der Waals surface area contributed by atoms with Crippen LogP contribution in [0.4, 0.5) is 11.6 Å². The molecule has 2 fully saturated rings. The minimum atomic E-state index is 0.424. The molecule has 3 rings (SSSR count). The summed E-state index contributed by atoms with van der Waals surface area (Å²) < 4.78 is 5.37. The predicted molar refractivity (Wildman–Crippen MR) is 74.5 cm³/mol. The highest BCUT2D eigenvalue weighted by atomic mass is 16.5. The Bertz CT molecular complexity index is 421. The van der Waals surface area contributed by atoms with Crippen LogP contribution < -0.4 is 15.5 Å². The smallest absolute Gasteiger partial charge is 0.134 e. The van der Waals surface area contributed by atoms with Crippen molar-refractivity contribution in [3.63, 3.8) is 0 Å². The molecule has 1 atom stereocenters. The van der Waals surface area contributed by atoms with Crippen LogP contribution in [-0.4, -0.2) is 55.4 Å². The number of rotatable bonds is 3. The van der Waals surface area contributed by atoms with Gasteiger partial charge in [-0.05, 0) is 12.8 Å². The first-order valence-corrected chi connectivity index (χ1v) is 7.00. The van der Waals surface area contributed by atoms with E-state index in [0.29, 0.717) is 12.6 Å². The molecule has 6 nitrogen and oxygen atoms in total. The molecule has 2 N–H and O–H groups in total. The number of nitrogens with zero attached hydrogens (tertiary/aromatic N) is 4. The standard InChI is InChI=1S/C13H21N5O/c14-9-11-2-1-3-18(11)13-8-12(15-10-16-13)17-4-6-19-7-5-17/h8,10-11H,1-7,9,14H2. The van der Waals surface area contributed by atoms with E-state index in [4.69, 9.17) is 10.5 Å². The second kappa shape index (κ2) is 5.71. The minimum absolute atomic E-state index is 0.424. The Morgan fingerprint density at radius 2 is 2.00 bits per heavy atom. The van der Waals surface area contributed by atoms with Gasteiger partial charge in [0.1, 0.15) is 18.0 Å². The topological polar surface area (TPSA) is 67.5 Å². The summed E-state index contributed by atoms with van der Waals surface area (Å²) in [5.41, 5.74) is 5.83. The number of morpholine rings is 1. The summed E-state index contributed by atoms with van der Waals surface area (Å²) >= 11 is 0. The Morgan fingerprint density at radius 3 is 2.79 bits per heavy atom. The van der Waals surface area contributed by atoms with Gasteiger partial charge in [-0.3, -0.25) is 0 Å². The highest BCUT2D eigenvalue weighted by Gasteiger charge is 2.25. The van der Waals surface area contributed by atoms with E-state index in [1.165, 1.54) is 6.42 Å². The highest BCUT2D eigenvalue weighted by molar-refractivity contribution is 5.51. The molecule has 0 bridgehead atoms. The molecule has 0 radical (unpaired) electrons. The molecular weight excluding hydrogens is 242 g/mol. The third-order valence-corrected chi connectivity index (χ3v) is 3.92. The zero-order valence-corrected chi connectivity index (χ0v) is 11.2. The molecule has 0 amide bonds. The van der Waals surface area contributed by atoms with Crippen LogP contribution in [0.5, 0.6) is 0 Å². The Labute approximate surface area is 113 Å². The van der Waals surface area contributed by atoms with Crippen molar-refractivity contribution in [1.29, 1.82) is 0 Å². The average Bonchev–Trinajstić information content (AvgIpc) is 2.97. The zero-order chi connectivity index (χ0) is 13.1. The van der Waals surface area contributed by atoms with Crippen LogP contribution in [0.25, 0.3) is 0 Å². The maximum atomic E-state index is 5.83. The van der Waals surface area contributed by atoms with Gasteiger partial charge >= 0.3 is 0 Å². The van der Waals surface area contributed by atoms with E-state index in [1.54, 1.807) is 6.33 Å². The van der Waals surface area contributed by atoms with Crippen LogP contribution in [0.1, 0.15) is 12.8 Å². The Hall–Kier alpha value is -1.40. The van der Waals surface area contributed by atoms with E-state index in [0.717, 1.165) is 50.9 Å². The number of anilines is 2. The van der Waals surface area contributed by atoms with Gasteiger partial charge in [0.05, 0.1) is 13.2 Å². The third-order valence-electron chi connectivity index (χ3n) is 3.92. The first-order chi connectivity index (χ1) is 9.38. The van der Waals surface area contributed by atoms with Crippen LogP contribution in [0, 0.1) is 0 Å². The van der Waals surface area contributed by atoms with Crippen LogP contribution in [-0.2, 0) is 4.74 Å². The first kappa shape index (κ1) is 12.6. The lowest BCUT2D eigenvalue weighted by Gasteiger charge is -2.29. The Morgan fingerprint density at radius 1 is 1.21 bits per heavy atom. The fourth-order valence-electron chi connectivity index (χ4n) is 2.84. The molecule has 1 unspecified atom stereocenters. The number of hydrogen-bond acceptors (Lipinski definition) is 6. The number of ether oxygens (including phenoxy) is 1. The normalized spacial score (nSPS) is 23.9. The van der Waals surface area contributed by atoms with Crippen molar-refractivity contribution in [3.05, 3.63) is 12.4 Å². The van der Waals surface area contributed by atoms with Crippen molar-refractivity contribution in [2.45, 2.75) is 18.9 Å².